The zero-order valence-corrected chi connectivity index (χ0v) is 30.3. The molecule has 0 aliphatic heterocycles. The van der Waals surface area contributed by atoms with E-state index in [1.165, 1.54) is 16.2 Å². The van der Waals surface area contributed by atoms with E-state index in [-0.39, 0.29) is 0 Å². The molecule has 56 heavy (non-hydrogen) atoms. The second-order valence-electron chi connectivity index (χ2n) is 14.1. The molecule has 0 aliphatic carbocycles. The highest BCUT2D eigenvalue weighted by molar-refractivity contribution is 6.12. The number of rotatable bonds is 6. The Morgan fingerprint density at radius 1 is 0.321 bits per heavy atom. The van der Waals surface area contributed by atoms with Crippen molar-refractivity contribution in [3.05, 3.63) is 200 Å². The Kier molecular flexibility index (Phi) is 7.42. The highest BCUT2D eigenvalue weighted by Crippen LogP contribution is 2.38. The summed E-state index contributed by atoms with van der Waals surface area (Å²) in [5.41, 5.74) is 13.7. The van der Waals surface area contributed by atoms with Gasteiger partial charge in [-0.25, -0.2) is 15.0 Å². The Labute approximate surface area is 323 Å². The van der Waals surface area contributed by atoms with Crippen molar-refractivity contribution in [3.63, 3.8) is 0 Å². The predicted octanol–water partition coefficient (Wildman–Crippen LogP) is 12.7. The summed E-state index contributed by atoms with van der Waals surface area (Å²) in [6, 6.07) is 68.4. The van der Waals surface area contributed by atoms with Gasteiger partial charge in [-0.3, -0.25) is 4.57 Å². The summed E-state index contributed by atoms with van der Waals surface area (Å²) in [7, 11) is 0. The molecule has 262 valence electrons. The standard InChI is InChI=1S/C51H33N5/c1-4-14-34(15-5-1)45-33-46(54-50(53-45)35-16-6-2-7-17-35)38-18-12-21-40(30-38)55-47-24-11-10-22-41(47)44-31-36(26-28-48(44)55)37-25-27-42-43-23-13-29-52-51(43)56(49(42)32-37)39-19-8-3-9-20-39/h1-33H. The molecular formula is C51H33N5. The Bertz CT molecular complexity index is 3180. The van der Waals surface area contributed by atoms with Crippen LogP contribution in [0.15, 0.2) is 200 Å². The van der Waals surface area contributed by atoms with Crippen LogP contribution in [0, 0.1) is 0 Å². The van der Waals surface area contributed by atoms with Gasteiger partial charge in [-0.05, 0) is 77.9 Å². The lowest BCUT2D eigenvalue weighted by molar-refractivity contribution is 1.14. The number of nitrogens with zero attached hydrogens (tertiary/aromatic N) is 5. The van der Waals surface area contributed by atoms with Crippen LogP contribution in [0.1, 0.15) is 0 Å². The van der Waals surface area contributed by atoms with Crippen LogP contribution < -0.4 is 0 Å². The largest absolute Gasteiger partial charge is 0.309 e. The van der Waals surface area contributed by atoms with Crippen LogP contribution in [-0.4, -0.2) is 24.1 Å². The number of hydrogen-bond donors (Lipinski definition) is 0. The van der Waals surface area contributed by atoms with Gasteiger partial charge in [0.05, 0.1) is 27.9 Å². The van der Waals surface area contributed by atoms with E-state index < -0.39 is 0 Å². The molecule has 0 fully saturated rings. The Morgan fingerprint density at radius 2 is 0.929 bits per heavy atom. The summed E-state index contributed by atoms with van der Waals surface area (Å²) in [6.45, 7) is 0. The van der Waals surface area contributed by atoms with Gasteiger partial charge in [0, 0.05) is 55.8 Å². The summed E-state index contributed by atoms with van der Waals surface area (Å²) in [6.07, 6.45) is 1.87. The fourth-order valence-corrected chi connectivity index (χ4v) is 8.17. The van der Waals surface area contributed by atoms with Crippen molar-refractivity contribution in [2.45, 2.75) is 0 Å². The van der Waals surface area contributed by atoms with Crippen molar-refractivity contribution >= 4 is 43.7 Å². The average molecular weight is 716 g/mol. The molecule has 0 unspecified atom stereocenters. The third kappa shape index (κ3) is 5.29. The van der Waals surface area contributed by atoms with Gasteiger partial charge in [-0.2, -0.15) is 0 Å². The molecule has 0 spiro atoms. The first-order valence-corrected chi connectivity index (χ1v) is 18.9. The first kappa shape index (κ1) is 31.9. The first-order valence-electron chi connectivity index (χ1n) is 18.9. The second kappa shape index (κ2) is 13.0. The number of fused-ring (bicyclic) bond motifs is 6. The quantitative estimate of drug-likeness (QED) is 0.172. The maximum atomic E-state index is 5.13. The molecular weight excluding hydrogens is 683 g/mol. The molecule has 0 N–H and O–H groups in total. The normalized spacial score (nSPS) is 11.6. The lowest BCUT2D eigenvalue weighted by Gasteiger charge is -2.12. The van der Waals surface area contributed by atoms with Crippen molar-refractivity contribution in [2.24, 2.45) is 0 Å². The maximum Gasteiger partial charge on any atom is 0.160 e. The van der Waals surface area contributed by atoms with Gasteiger partial charge in [0.1, 0.15) is 5.65 Å². The van der Waals surface area contributed by atoms with Gasteiger partial charge >= 0.3 is 0 Å². The van der Waals surface area contributed by atoms with Crippen LogP contribution >= 0.6 is 0 Å². The molecule has 0 aliphatic rings. The molecule has 11 rings (SSSR count). The Morgan fingerprint density at radius 3 is 1.75 bits per heavy atom. The molecule has 4 aromatic heterocycles. The van der Waals surface area contributed by atoms with Crippen molar-refractivity contribution in [1.29, 1.82) is 0 Å². The highest BCUT2D eigenvalue weighted by atomic mass is 15.0. The van der Waals surface area contributed by atoms with E-state index in [9.17, 15) is 0 Å². The minimum Gasteiger partial charge on any atom is -0.309 e. The SMILES string of the molecule is c1ccc(-c2cc(-c3cccc(-n4c5ccccc5c5cc(-c6ccc7c8cccnc8n(-c8ccccc8)c7c6)ccc54)c3)nc(-c3ccccc3)n2)cc1. The average Bonchev–Trinajstić information content (AvgIpc) is 3.79. The van der Waals surface area contributed by atoms with Crippen LogP contribution in [-0.2, 0) is 0 Å². The molecule has 0 radical (unpaired) electrons. The zero-order chi connectivity index (χ0) is 37.0. The van der Waals surface area contributed by atoms with Crippen LogP contribution in [0.3, 0.4) is 0 Å². The second-order valence-corrected chi connectivity index (χ2v) is 14.1. The van der Waals surface area contributed by atoms with Crippen molar-refractivity contribution in [1.82, 2.24) is 24.1 Å². The van der Waals surface area contributed by atoms with Gasteiger partial charge < -0.3 is 4.57 Å². The molecule has 0 saturated carbocycles. The van der Waals surface area contributed by atoms with Crippen molar-refractivity contribution < 1.29 is 0 Å². The zero-order valence-electron chi connectivity index (χ0n) is 30.3. The molecule has 11 aromatic rings. The van der Waals surface area contributed by atoms with Crippen LogP contribution in [0.4, 0.5) is 0 Å². The van der Waals surface area contributed by atoms with E-state index >= 15 is 0 Å². The summed E-state index contributed by atoms with van der Waals surface area (Å²) >= 11 is 0. The van der Waals surface area contributed by atoms with Crippen molar-refractivity contribution in [3.8, 4) is 56.4 Å². The fraction of sp³-hybridized carbons (Fsp3) is 0. The van der Waals surface area contributed by atoms with Crippen molar-refractivity contribution in [2.75, 3.05) is 0 Å². The van der Waals surface area contributed by atoms with Gasteiger partial charge in [-0.1, -0.05) is 127 Å². The van der Waals surface area contributed by atoms with Gasteiger partial charge in [-0.15, -0.1) is 0 Å². The maximum absolute atomic E-state index is 5.13. The third-order valence-electron chi connectivity index (χ3n) is 10.8. The molecule has 5 heteroatoms. The number of pyridine rings is 1. The monoisotopic (exact) mass is 715 g/mol. The van der Waals surface area contributed by atoms with E-state index in [0.29, 0.717) is 5.82 Å². The van der Waals surface area contributed by atoms with E-state index in [1.807, 2.05) is 48.7 Å². The summed E-state index contributed by atoms with van der Waals surface area (Å²) in [5.74, 6) is 0.704. The molecule has 4 heterocycles. The summed E-state index contributed by atoms with van der Waals surface area (Å²) in [4.78, 5) is 15.0. The number of para-hydroxylation sites is 2. The van der Waals surface area contributed by atoms with Crippen LogP contribution in [0.25, 0.3) is 100 Å². The van der Waals surface area contributed by atoms with Gasteiger partial charge in [0.25, 0.3) is 0 Å². The third-order valence-corrected chi connectivity index (χ3v) is 10.8. The van der Waals surface area contributed by atoms with E-state index in [1.54, 1.807) is 0 Å². The summed E-state index contributed by atoms with van der Waals surface area (Å²) in [5, 5.41) is 4.74. The number of aromatic nitrogens is 5. The fourth-order valence-electron chi connectivity index (χ4n) is 8.17. The Balaban J connectivity index is 1.06. The van der Waals surface area contributed by atoms with E-state index in [4.69, 9.17) is 15.0 Å². The van der Waals surface area contributed by atoms with E-state index in [0.717, 1.165) is 78.2 Å². The highest BCUT2D eigenvalue weighted by Gasteiger charge is 2.18. The smallest absolute Gasteiger partial charge is 0.160 e. The first-order chi connectivity index (χ1) is 27.8. The molecule has 0 atom stereocenters. The molecule has 5 nitrogen and oxygen atoms in total. The minimum absolute atomic E-state index is 0.704. The summed E-state index contributed by atoms with van der Waals surface area (Å²) < 4.78 is 4.65. The molecule has 7 aromatic carbocycles. The van der Waals surface area contributed by atoms with E-state index in [2.05, 4.69) is 161 Å². The van der Waals surface area contributed by atoms with Crippen LogP contribution in [0.5, 0.6) is 0 Å². The van der Waals surface area contributed by atoms with Gasteiger partial charge in [0.15, 0.2) is 5.82 Å². The predicted molar refractivity (Wildman–Crippen MR) is 230 cm³/mol. The minimum atomic E-state index is 0.704. The lowest BCUT2D eigenvalue weighted by Crippen LogP contribution is -1.97. The van der Waals surface area contributed by atoms with Crippen LogP contribution in [0.2, 0.25) is 0 Å². The molecule has 0 amide bonds. The topological polar surface area (TPSA) is 48.5 Å². The van der Waals surface area contributed by atoms with Gasteiger partial charge in [0.2, 0.25) is 0 Å². The number of hydrogen-bond acceptors (Lipinski definition) is 3. The number of benzene rings is 7. The Hall–Kier alpha value is -7.63. The lowest BCUT2D eigenvalue weighted by atomic mass is 10.0. The molecule has 0 saturated heterocycles. The molecule has 0 bridgehead atoms.